The molecule has 1 aromatic heterocycles. The van der Waals surface area contributed by atoms with Crippen LogP contribution < -0.4 is 0 Å². The predicted molar refractivity (Wildman–Crippen MR) is 44.2 cm³/mol. The Labute approximate surface area is 72.8 Å². The van der Waals surface area contributed by atoms with Crippen LogP contribution in [0.4, 0.5) is 4.39 Å². The van der Waals surface area contributed by atoms with Crippen molar-refractivity contribution in [3.05, 3.63) is 20.8 Å². The Hall–Kier alpha value is -0.410. The van der Waals surface area contributed by atoms with Gasteiger partial charge in [-0.2, -0.15) is 0 Å². The van der Waals surface area contributed by atoms with Crippen LogP contribution in [-0.2, 0) is 0 Å². The van der Waals surface area contributed by atoms with Gasteiger partial charge in [-0.15, -0.1) is 11.3 Å². The van der Waals surface area contributed by atoms with Crippen molar-refractivity contribution in [1.29, 1.82) is 0 Å². The molecule has 0 spiro atoms. The van der Waals surface area contributed by atoms with E-state index in [9.17, 15) is 9.18 Å². The molecule has 0 N–H and O–H groups in total. The number of thiophene rings is 1. The summed E-state index contributed by atoms with van der Waals surface area (Å²) in [5.41, 5.74) is 0.371. The van der Waals surface area contributed by atoms with Crippen LogP contribution in [0.25, 0.3) is 0 Å². The van der Waals surface area contributed by atoms with Crippen LogP contribution in [0.15, 0.2) is 6.07 Å². The second-order valence-electron chi connectivity index (χ2n) is 2.11. The molecule has 1 aromatic rings. The van der Waals surface area contributed by atoms with Gasteiger partial charge in [0.05, 0.1) is 0 Å². The minimum atomic E-state index is -1.05. The lowest BCUT2D eigenvalue weighted by Crippen LogP contribution is -1.77. The molecule has 0 bridgehead atoms. The first-order valence-corrected chi connectivity index (χ1v) is 4.23. The molecule has 1 nitrogen and oxygen atoms in total. The highest BCUT2D eigenvalue weighted by atomic mass is 35.5. The van der Waals surface area contributed by atoms with Crippen molar-refractivity contribution in [1.82, 2.24) is 0 Å². The van der Waals surface area contributed by atoms with Gasteiger partial charge in [-0.05, 0) is 13.0 Å². The highest BCUT2D eigenvalue weighted by Crippen LogP contribution is 2.31. The van der Waals surface area contributed by atoms with Crippen molar-refractivity contribution < 1.29 is 9.18 Å². The fraction of sp³-hybridized carbons (Fsp3) is 0.286. The average molecular weight is 193 g/mol. The van der Waals surface area contributed by atoms with Gasteiger partial charge in [0.1, 0.15) is 10.5 Å². The SMILES string of the molecule is CC(F)c1cc(C=O)c(Cl)s1. The van der Waals surface area contributed by atoms with Crippen molar-refractivity contribution in [2.45, 2.75) is 13.1 Å². The van der Waals surface area contributed by atoms with Crippen LogP contribution in [0.3, 0.4) is 0 Å². The predicted octanol–water partition coefficient (Wildman–Crippen LogP) is 3.24. The van der Waals surface area contributed by atoms with Crippen molar-refractivity contribution in [3.8, 4) is 0 Å². The van der Waals surface area contributed by atoms with Gasteiger partial charge in [0.15, 0.2) is 6.29 Å². The largest absolute Gasteiger partial charge is 0.298 e. The third-order valence-electron chi connectivity index (χ3n) is 1.25. The number of carbonyl (C=O) groups is 1. The highest BCUT2D eigenvalue weighted by Gasteiger charge is 2.10. The molecule has 60 valence electrons. The third-order valence-corrected chi connectivity index (χ3v) is 2.79. The van der Waals surface area contributed by atoms with E-state index in [4.69, 9.17) is 11.6 Å². The van der Waals surface area contributed by atoms with E-state index in [1.165, 1.54) is 13.0 Å². The maximum atomic E-state index is 12.6. The number of halogens is 2. The van der Waals surface area contributed by atoms with Gasteiger partial charge >= 0.3 is 0 Å². The van der Waals surface area contributed by atoms with Crippen LogP contribution in [0.1, 0.15) is 28.3 Å². The summed E-state index contributed by atoms with van der Waals surface area (Å²) >= 11 is 6.72. The number of carbonyl (C=O) groups excluding carboxylic acids is 1. The Balaban J connectivity index is 3.04. The number of aldehydes is 1. The maximum Gasteiger partial charge on any atom is 0.152 e. The molecule has 0 saturated heterocycles. The molecule has 0 fully saturated rings. The van der Waals surface area contributed by atoms with Crippen molar-refractivity contribution in [2.24, 2.45) is 0 Å². The molecule has 0 radical (unpaired) electrons. The molecule has 0 aromatic carbocycles. The smallest absolute Gasteiger partial charge is 0.152 e. The van der Waals surface area contributed by atoms with Crippen molar-refractivity contribution in [2.75, 3.05) is 0 Å². The monoisotopic (exact) mass is 192 g/mol. The minimum absolute atomic E-state index is 0.361. The first-order chi connectivity index (χ1) is 5.15. The first-order valence-electron chi connectivity index (χ1n) is 3.03. The van der Waals surface area contributed by atoms with E-state index in [0.717, 1.165) is 11.3 Å². The Morgan fingerprint density at radius 1 is 1.82 bits per heavy atom. The quantitative estimate of drug-likeness (QED) is 0.658. The molecule has 1 rings (SSSR count). The van der Waals surface area contributed by atoms with E-state index in [-0.39, 0.29) is 0 Å². The lowest BCUT2D eigenvalue weighted by Gasteiger charge is -1.91. The zero-order valence-corrected chi connectivity index (χ0v) is 7.38. The van der Waals surface area contributed by atoms with Gasteiger partial charge in [-0.1, -0.05) is 11.6 Å². The van der Waals surface area contributed by atoms with E-state index >= 15 is 0 Å². The summed E-state index contributed by atoms with van der Waals surface area (Å²) in [6.07, 6.45) is -0.420. The van der Waals surface area contributed by atoms with Crippen molar-refractivity contribution in [3.63, 3.8) is 0 Å². The summed E-state index contributed by atoms with van der Waals surface area (Å²) < 4.78 is 13.0. The molecule has 0 aliphatic carbocycles. The molecule has 0 aliphatic heterocycles. The fourth-order valence-corrected chi connectivity index (χ4v) is 1.82. The summed E-state index contributed by atoms with van der Waals surface area (Å²) in [6.45, 7) is 1.41. The summed E-state index contributed by atoms with van der Waals surface area (Å²) in [5.74, 6) is 0. The van der Waals surface area contributed by atoms with Crippen LogP contribution in [0, 0.1) is 0 Å². The third kappa shape index (κ3) is 1.79. The zero-order chi connectivity index (χ0) is 8.43. The lowest BCUT2D eigenvalue weighted by molar-refractivity contribution is 0.112. The Morgan fingerprint density at radius 3 is 2.73 bits per heavy atom. The maximum absolute atomic E-state index is 12.6. The first kappa shape index (κ1) is 8.68. The Kier molecular flexibility index (Phi) is 2.62. The van der Waals surface area contributed by atoms with Gasteiger partial charge in [-0.25, -0.2) is 4.39 Å². The molecule has 0 amide bonds. The fourth-order valence-electron chi connectivity index (χ4n) is 0.678. The Bertz CT molecular complexity index is 269. The van der Waals surface area contributed by atoms with Gasteiger partial charge in [-0.3, -0.25) is 4.79 Å². The van der Waals surface area contributed by atoms with E-state index in [0.29, 0.717) is 21.1 Å². The van der Waals surface area contributed by atoms with E-state index in [1.54, 1.807) is 0 Å². The van der Waals surface area contributed by atoms with E-state index in [1.807, 2.05) is 0 Å². The van der Waals surface area contributed by atoms with Crippen LogP contribution in [-0.4, -0.2) is 6.29 Å². The average Bonchev–Trinajstić information content (AvgIpc) is 2.31. The second kappa shape index (κ2) is 3.32. The summed E-state index contributed by atoms with van der Waals surface area (Å²) in [6, 6.07) is 1.48. The molecule has 4 heteroatoms. The molecule has 1 heterocycles. The molecule has 1 unspecified atom stereocenters. The zero-order valence-electron chi connectivity index (χ0n) is 5.80. The molecule has 0 saturated carbocycles. The summed E-state index contributed by atoms with van der Waals surface area (Å²) in [4.78, 5) is 10.8. The summed E-state index contributed by atoms with van der Waals surface area (Å²) in [5, 5.41) is 0. The minimum Gasteiger partial charge on any atom is -0.298 e. The number of alkyl halides is 1. The van der Waals surface area contributed by atoms with Gasteiger partial charge in [0, 0.05) is 10.4 Å². The van der Waals surface area contributed by atoms with Gasteiger partial charge < -0.3 is 0 Å². The van der Waals surface area contributed by atoms with E-state index in [2.05, 4.69) is 0 Å². The normalized spacial score (nSPS) is 13.0. The van der Waals surface area contributed by atoms with Crippen LogP contribution >= 0.6 is 22.9 Å². The highest BCUT2D eigenvalue weighted by molar-refractivity contribution is 7.16. The second-order valence-corrected chi connectivity index (χ2v) is 3.80. The number of hydrogen-bond acceptors (Lipinski definition) is 2. The molecule has 0 aliphatic rings. The topological polar surface area (TPSA) is 17.1 Å². The van der Waals surface area contributed by atoms with Crippen LogP contribution in [0.5, 0.6) is 0 Å². The van der Waals surface area contributed by atoms with Gasteiger partial charge in [0.2, 0.25) is 0 Å². The van der Waals surface area contributed by atoms with Gasteiger partial charge in [0.25, 0.3) is 0 Å². The molecule has 11 heavy (non-hydrogen) atoms. The lowest BCUT2D eigenvalue weighted by atomic mass is 10.3. The Morgan fingerprint density at radius 2 is 2.45 bits per heavy atom. The number of rotatable bonds is 2. The van der Waals surface area contributed by atoms with Crippen LogP contribution in [0.2, 0.25) is 4.34 Å². The van der Waals surface area contributed by atoms with E-state index < -0.39 is 6.17 Å². The number of hydrogen-bond donors (Lipinski definition) is 0. The summed E-state index contributed by atoms with van der Waals surface area (Å²) in [7, 11) is 0. The molecule has 1 atom stereocenters. The molecular formula is C7H6ClFOS. The standard InChI is InChI=1S/C7H6ClFOS/c1-4(9)6-2-5(3-10)7(8)11-6/h2-4H,1H3. The van der Waals surface area contributed by atoms with Crippen molar-refractivity contribution >= 4 is 29.2 Å². The molecular weight excluding hydrogens is 187 g/mol.